The Kier molecular flexibility index (Phi) is 6.11. The minimum atomic E-state index is -0.225. The van der Waals surface area contributed by atoms with Gasteiger partial charge >= 0.3 is 0 Å². The van der Waals surface area contributed by atoms with Crippen LogP contribution >= 0.6 is 11.8 Å². The molecule has 8 rings (SSSR count). The van der Waals surface area contributed by atoms with Gasteiger partial charge in [-0.3, -0.25) is 0 Å². The topological polar surface area (TPSA) is 49.6 Å². The van der Waals surface area contributed by atoms with Gasteiger partial charge in [-0.15, -0.1) is 0 Å². The lowest BCUT2D eigenvalue weighted by Gasteiger charge is -2.35. The van der Waals surface area contributed by atoms with E-state index in [4.69, 9.17) is 9.97 Å². The third kappa shape index (κ3) is 4.20. The molecular weight excluding hydrogens is 555 g/mol. The first-order chi connectivity index (χ1) is 21.5. The van der Waals surface area contributed by atoms with E-state index in [1.807, 2.05) is 24.3 Å². The second-order valence-electron chi connectivity index (χ2n) is 11.7. The Bertz CT molecular complexity index is 2290. The lowest BCUT2D eigenvalue weighted by molar-refractivity contribution is 0.607. The van der Waals surface area contributed by atoms with Gasteiger partial charge in [-0.1, -0.05) is 129 Å². The Labute approximate surface area is 260 Å². The summed E-state index contributed by atoms with van der Waals surface area (Å²) in [5.41, 5.74) is 8.68. The number of hydrogen-bond donors (Lipinski definition) is 0. The molecule has 0 saturated heterocycles. The quantitative estimate of drug-likeness (QED) is 0.208. The van der Waals surface area contributed by atoms with Crippen LogP contribution in [-0.4, -0.2) is 9.97 Å². The molecule has 0 aliphatic carbocycles. The summed E-state index contributed by atoms with van der Waals surface area (Å²) in [6.07, 6.45) is 0. The first kappa shape index (κ1) is 26.4. The van der Waals surface area contributed by atoms with Gasteiger partial charge in [-0.05, 0) is 57.3 Å². The standard InChI is InChI=1S/C40H27N3S/c1-40(2)33-15-6-8-17-36(33)44-37-22-28(24-41)32(23-34(37)40)39-42-35-16-7-5-13-31(35)38(43-39)27-20-18-26(19-21-27)30-14-9-11-25-10-3-4-12-29(25)30/h3-23H,1-2H3. The van der Waals surface area contributed by atoms with Gasteiger partial charge in [0.15, 0.2) is 5.82 Å². The summed E-state index contributed by atoms with van der Waals surface area (Å²) in [6.45, 7) is 4.51. The summed E-state index contributed by atoms with van der Waals surface area (Å²) < 4.78 is 0. The Morgan fingerprint density at radius 3 is 2.16 bits per heavy atom. The number of nitriles is 1. The normalized spacial score (nSPS) is 13.3. The van der Waals surface area contributed by atoms with E-state index in [1.54, 1.807) is 11.8 Å². The van der Waals surface area contributed by atoms with Crippen LogP contribution in [0.25, 0.3) is 55.4 Å². The van der Waals surface area contributed by atoms with Gasteiger partial charge in [0.05, 0.1) is 22.8 Å². The molecule has 1 aromatic heterocycles. The molecule has 0 fully saturated rings. The highest BCUT2D eigenvalue weighted by molar-refractivity contribution is 7.99. The number of nitrogens with zero attached hydrogens (tertiary/aromatic N) is 3. The third-order valence-corrected chi connectivity index (χ3v) is 9.93. The molecule has 2 heterocycles. The van der Waals surface area contributed by atoms with Crippen molar-refractivity contribution in [2.24, 2.45) is 0 Å². The van der Waals surface area contributed by atoms with Crippen LogP contribution in [0.1, 0.15) is 30.5 Å². The van der Waals surface area contributed by atoms with Crippen LogP contribution in [0.15, 0.2) is 137 Å². The van der Waals surface area contributed by atoms with Crippen molar-refractivity contribution in [2.45, 2.75) is 29.1 Å². The maximum atomic E-state index is 10.3. The Morgan fingerprint density at radius 1 is 0.614 bits per heavy atom. The Morgan fingerprint density at radius 2 is 1.32 bits per heavy atom. The molecule has 7 aromatic rings. The average molecular weight is 582 g/mol. The van der Waals surface area contributed by atoms with E-state index >= 15 is 0 Å². The van der Waals surface area contributed by atoms with Crippen molar-refractivity contribution < 1.29 is 0 Å². The number of hydrogen-bond acceptors (Lipinski definition) is 4. The number of fused-ring (bicyclic) bond motifs is 4. The molecule has 4 heteroatoms. The molecule has 1 aliphatic heterocycles. The predicted octanol–water partition coefficient (Wildman–Crippen LogP) is 10.4. The molecule has 0 amide bonds. The second kappa shape index (κ2) is 10.2. The molecule has 0 N–H and O–H groups in total. The SMILES string of the molecule is CC1(C)c2ccccc2Sc2cc(C#N)c(-c3nc(-c4ccc(-c5cccc6ccccc56)cc4)c4ccccc4n3)cc21. The van der Waals surface area contributed by atoms with Crippen LogP contribution in [-0.2, 0) is 5.41 Å². The molecule has 0 saturated carbocycles. The van der Waals surface area contributed by atoms with Gasteiger partial charge in [-0.25, -0.2) is 9.97 Å². The molecule has 0 unspecified atom stereocenters. The van der Waals surface area contributed by atoms with Crippen molar-refractivity contribution in [3.8, 4) is 39.8 Å². The van der Waals surface area contributed by atoms with Crippen LogP contribution < -0.4 is 0 Å². The van der Waals surface area contributed by atoms with Crippen LogP contribution in [0.5, 0.6) is 0 Å². The van der Waals surface area contributed by atoms with E-state index in [9.17, 15) is 5.26 Å². The molecule has 0 atom stereocenters. The highest BCUT2D eigenvalue weighted by atomic mass is 32.2. The summed E-state index contributed by atoms with van der Waals surface area (Å²) in [4.78, 5) is 12.5. The fraction of sp³-hybridized carbons (Fsp3) is 0.0750. The van der Waals surface area contributed by atoms with E-state index in [2.05, 4.69) is 123 Å². The van der Waals surface area contributed by atoms with Gasteiger partial charge in [0, 0.05) is 31.7 Å². The minimum absolute atomic E-state index is 0.225. The molecule has 0 spiro atoms. The van der Waals surface area contributed by atoms with E-state index in [0.29, 0.717) is 11.4 Å². The van der Waals surface area contributed by atoms with Gasteiger partial charge in [0.25, 0.3) is 0 Å². The zero-order chi connectivity index (χ0) is 29.8. The first-order valence-electron chi connectivity index (χ1n) is 14.7. The largest absolute Gasteiger partial charge is 0.228 e. The maximum absolute atomic E-state index is 10.3. The number of benzene rings is 6. The fourth-order valence-electron chi connectivity index (χ4n) is 6.47. The fourth-order valence-corrected chi connectivity index (χ4v) is 7.89. The second-order valence-corrected chi connectivity index (χ2v) is 12.8. The molecule has 6 aromatic carbocycles. The van der Waals surface area contributed by atoms with E-state index < -0.39 is 0 Å². The third-order valence-electron chi connectivity index (χ3n) is 8.80. The molecule has 208 valence electrons. The number of aromatic nitrogens is 2. The van der Waals surface area contributed by atoms with Crippen molar-refractivity contribution in [1.82, 2.24) is 9.97 Å². The summed E-state index contributed by atoms with van der Waals surface area (Å²) >= 11 is 1.73. The molecule has 0 bridgehead atoms. The highest BCUT2D eigenvalue weighted by Gasteiger charge is 2.34. The van der Waals surface area contributed by atoms with Crippen molar-refractivity contribution in [1.29, 1.82) is 5.26 Å². The summed E-state index contributed by atoms with van der Waals surface area (Å²) in [7, 11) is 0. The van der Waals surface area contributed by atoms with Crippen LogP contribution in [0, 0.1) is 11.3 Å². The molecular formula is C40H27N3S. The highest BCUT2D eigenvalue weighted by Crippen LogP contribution is 2.50. The van der Waals surface area contributed by atoms with Crippen molar-refractivity contribution >= 4 is 33.4 Å². The minimum Gasteiger partial charge on any atom is -0.228 e. The van der Waals surface area contributed by atoms with E-state index in [-0.39, 0.29) is 5.41 Å². The summed E-state index contributed by atoms with van der Waals surface area (Å²) in [6, 6.07) is 46.8. The van der Waals surface area contributed by atoms with Crippen LogP contribution in [0.4, 0.5) is 0 Å². The number of rotatable bonds is 3. The van der Waals surface area contributed by atoms with Crippen LogP contribution in [0.2, 0.25) is 0 Å². The smallest absolute Gasteiger partial charge is 0.161 e. The van der Waals surface area contributed by atoms with E-state index in [0.717, 1.165) is 38.2 Å². The number of para-hydroxylation sites is 1. The predicted molar refractivity (Wildman–Crippen MR) is 181 cm³/mol. The average Bonchev–Trinajstić information content (AvgIpc) is 3.07. The van der Waals surface area contributed by atoms with Gasteiger partial charge in [0.1, 0.15) is 0 Å². The van der Waals surface area contributed by atoms with Crippen molar-refractivity contribution in [2.75, 3.05) is 0 Å². The van der Waals surface area contributed by atoms with Gasteiger partial charge in [-0.2, -0.15) is 5.26 Å². The van der Waals surface area contributed by atoms with E-state index in [1.165, 1.54) is 32.4 Å². The van der Waals surface area contributed by atoms with Crippen molar-refractivity contribution in [3.63, 3.8) is 0 Å². The van der Waals surface area contributed by atoms with Crippen LogP contribution in [0.3, 0.4) is 0 Å². The lowest BCUT2D eigenvalue weighted by Crippen LogP contribution is -2.24. The zero-order valence-electron chi connectivity index (χ0n) is 24.4. The maximum Gasteiger partial charge on any atom is 0.161 e. The first-order valence-corrected chi connectivity index (χ1v) is 15.5. The monoisotopic (exact) mass is 581 g/mol. The van der Waals surface area contributed by atoms with Gasteiger partial charge < -0.3 is 0 Å². The summed E-state index contributed by atoms with van der Waals surface area (Å²) in [5.74, 6) is 0.566. The lowest BCUT2D eigenvalue weighted by atomic mass is 9.76. The molecule has 44 heavy (non-hydrogen) atoms. The molecule has 1 aliphatic rings. The molecule has 0 radical (unpaired) electrons. The Hall–Kier alpha value is -5.24. The molecule has 3 nitrogen and oxygen atoms in total. The Balaban J connectivity index is 1.28. The van der Waals surface area contributed by atoms with Gasteiger partial charge in [0.2, 0.25) is 0 Å². The summed E-state index contributed by atoms with van der Waals surface area (Å²) in [5, 5.41) is 13.7. The zero-order valence-corrected chi connectivity index (χ0v) is 25.2. The van der Waals surface area contributed by atoms with Crippen molar-refractivity contribution in [3.05, 3.63) is 144 Å².